The minimum Gasteiger partial charge on any atom is -0.349 e. The second kappa shape index (κ2) is 6.28. The first kappa shape index (κ1) is 15.5. The third-order valence-corrected chi connectivity index (χ3v) is 5.64. The normalized spacial score (nSPS) is 20.6. The van der Waals surface area contributed by atoms with Crippen LogP contribution in [0.1, 0.15) is 32.4 Å². The van der Waals surface area contributed by atoms with E-state index in [1.54, 1.807) is 10.5 Å². The van der Waals surface area contributed by atoms with Crippen LogP contribution in [0.25, 0.3) is 0 Å². The molecule has 2 heterocycles. The first-order valence-corrected chi connectivity index (χ1v) is 8.76. The lowest BCUT2D eigenvalue weighted by Gasteiger charge is -2.14. The summed E-state index contributed by atoms with van der Waals surface area (Å²) in [7, 11) is -1.45. The molecular formula is C14H25N3O2S. The van der Waals surface area contributed by atoms with E-state index in [-0.39, 0.29) is 0 Å². The number of hydrogen-bond acceptors (Lipinski definition) is 3. The zero-order valence-electron chi connectivity index (χ0n) is 12.6. The molecule has 6 heteroatoms. The van der Waals surface area contributed by atoms with Crippen LogP contribution in [0.15, 0.2) is 17.2 Å². The minimum atomic E-state index is -3.33. The van der Waals surface area contributed by atoms with Crippen LogP contribution in [-0.4, -0.2) is 37.4 Å². The Balaban J connectivity index is 2.29. The van der Waals surface area contributed by atoms with Gasteiger partial charge in [-0.1, -0.05) is 13.8 Å². The SMILES string of the molecule is CCCn1cc(S(=O)(=O)N2CCC(C)C2)cc1CNC. The van der Waals surface area contributed by atoms with Gasteiger partial charge in [-0.15, -0.1) is 0 Å². The largest absolute Gasteiger partial charge is 0.349 e. The first-order chi connectivity index (χ1) is 9.48. The number of hydrogen-bond donors (Lipinski definition) is 1. The molecule has 0 bridgehead atoms. The highest BCUT2D eigenvalue weighted by atomic mass is 32.2. The smallest absolute Gasteiger partial charge is 0.244 e. The number of aryl methyl sites for hydroxylation is 1. The maximum absolute atomic E-state index is 12.6. The molecule has 20 heavy (non-hydrogen) atoms. The van der Waals surface area contributed by atoms with Crippen molar-refractivity contribution in [2.75, 3.05) is 20.1 Å². The topological polar surface area (TPSA) is 54.3 Å². The van der Waals surface area contributed by atoms with Crippen LogP contribution >= 0.6 is 0 Å². The van der Waals surface area contributed by atoms with Gasteiger partial charge in [-0.25, -0.2) is 8.42 Å². The minimum absolute atomic E-state index is 0.435. The summed E-state index contributed by atoms with van der Waals surface area (Å²) in [5.41, 5.74) is 1.03. The highest BCUT2D eigenvalue weighted by Crippen LogP contribution is 2.25. The van der Waals surface area contributed by atoms with Gasteiger partial charge < -0.3 is 9.88 Å². The van der Waals surface area contributed by atoms with Gasteiger partial charge in [0.1, 0.15) is 4.90 Å². The molecule has 1 atom stereocenters. The molecule has 2 rings (SSSR count). The number of nitrogens with zero attached hydrogens (tertiary/aromatic N) is 2. The van der Waals surface area contributed by atoms with Gasteiger partial charge in [0.05, 0.1) is 0 Å². The van der Waals surface area contributed by atoms with E-state index in [9.17, 15) is 8.42 Å². The second-order valence-electron chi connectivity index (χ2n) is 5.65. The van der Waals surface area contributed by atoms with Gasteiger partial charge in [-0.2, -0.15) is 4.31 Å². The van der Waals surface area contributed by atoms with E-state index in [0.29, 0.717) is 30.4 Å². The molecule has 0 aromatic carbocycles. The third kappa shape index (κ3) is 3.07. The Morgan fingerprint density at radius 2 is 2.20 bits per heavy atom. The summed E-state index contributed by atoms with van der Waals surface area (Å²) in [6, 6.07) is 1.81. The van der Waals surface area contributed by atoms with Crippen molar-refractivity contribution in [2.24, 2.45) is 5.92 Å². The first-order valence-electron chi connectivity index (χ1n) is 7.32. The molecule has 1 aliphatic rings. The van der Waals surface area contributed by atoms with Gasteiger partial charge in [-0.3, -0.25) is 0 Å². The second-order valence-corrected chi connectivity index (χ2v) is 7.59. The fourth-order valence-electron chi connectivity index (χ4n) is 2.71. The number of nitrogens with one attached hydrogen (secondary N) is 1. The van der Waals surface area contributed by atoms with Crippen LogP contribution < -0.4 is 5.32 Å². The summed E-state index contributed by atoms with van der Waals surface area (Å²) in [6.45, 7) is 7.02. The van der Waals surface area contributed by atoms with Crippen LogP contribution in [0, 0.1) is 5.92 Å². The van der Waals surface area contributed by atoms with E-state index in [1.165, 1.54) is 0 Å². The highest BCUT2D eigenvalue weighted by Gasteiger charge is 2.31. The summed E-state index contributed by atoms with van der Waals surface area (Å²) in [6.07, 6.45) is 3.73. The molecule has 1 aromatic rings. The van der Waals surface area contributed by atoms with E-state index in [4.69, 9.17) is 0 Å². The van der Waals surface area contributed by atoms with Crippen molar-refractivity contribution < 1.29 is 8.42 Å². The monoisotopic (exact) mass is 299 g/mol. The summed E-state index contributed by atoms with van der Waals surface area (Å²) in [5.74, 6) is 0.458. The van der Waals surface area contributed by atoms with Crippen molar-refractivity contribution in [1.29, 1.82) is 0 Å². The fourth-order valence-corrected chi connectivity index (χ4v) is 4.35. The van der Waals surface area contributed by atoms with E-state index in [0.717, 1.165) is 25.1 Å². The average Bonchev–Trinajstić information content (AvgIpc) is 2.98. The van der Waals surface area contributed by atoms with Gasteiger partial charge in [0.2, 0.25) is 10.0 Å². The van der Waals surface area contributed by atoms with Crippen molar-refractivity contribution in [3.8, 4) is 0 Å². The average molecular weight is 299 g/mol. The molecule has 0 spiro atoms. The van der Waals surface area contributed by atoms with Crippen LogP contribution in [0.5, 0.6) is 0 Å². The van der Waals surface area contributed by atoms with Gasteiger partial charge in [0.25, 0.3) is 0 Å². The lowest BCUT2D eigenvalue weighted by atomic mass is 10.2. The Hall–Kier alpha value is -0.850. The van der Waals surface area contributed by atoms with Crippen molar-refractivity contribution >= 4 is 10.0 Å². The summed E-state index contributed by atoms with van der Waals surface area (Å²) in [4.78, 5) is 0.435. The fraction of sp³-hybridized carbons (Fsp3) is 0.714. The highest BCUT2D eigenvalue weighted by molar-refractivity contribution is 7.89. The van der Waals surface area contributed by atoms with Crippen LogP contribution in [0.4, 0.5) is 0 Å². The molecule has 1 fully saturated rings. The van der Waals surface area contributed by atoms with E-state index >= 15 is 0 Å². The predicted octanol–water partition coefficient (Wildman–Crippen LogP) is 1.65. The maximum atomic E-state index is 12.6. The summed E-state index contributed by atoms with van der Waals surface area (Å²) in [5, 5.41) is 3.09. The van der Waals surface area contributed by atoms with E-state index in [2.05, 4.69) is 19.2 Å². The Bertz CT molecular complexity index is 527. The lowest BCUT2D eigenvalue weighted by molar-refractivity contribution is 0.464. The van der Waals surface area contributed by atoms with Crippen molar-refractivity contribution in [1.82, 2.24) is 14.2 Å². The van der Waals surface area contributed by atoms with Crippen LogP contribution in [-0.2, 0) is 23.1 Å². The number of sulfonamides is 1. The molecule has 1 aliphatic heterocycles. The van der Waals surface area contributed by atoms with Crippen molar-refractivity contribution in [2.45, 2.75) is 44.7 Å². The Labute approximate surface area is 122 Å². The Morgan fingerprint density at radius 1 is 1.45 bits per heavy atom. The number of aromatic nitrogens is 1. The van der Waals surface area contributed by atoms with Gasteiger partial charge in [0, 0.05) is 38.1 Å². The number of rotatable bonds is 6. The van der Waals surface area contributed by atoms with Crippen LogP contribution in [0.2, 0.25) is 0 Å². The molecule has 0 saturated carbocycles. The third-order valence-electron chi connectivity index (χ3n) is 3.81. The van der Waals surface area contributed by atoms with Crippen LogP contribution in [0.3, 0.4) is 0 Å². The molecule has 0 aliphatic carbocycles. The molecule has 1 aromatic heterocycles. The van der Waals surface area contributed by atoms with Crippen molar-refractivity contribution in [3.05, 3.63) is 18.0 Å². The van der Waals surface area contributed by atoms with E-state index < -0.39 is 10.0 Å². The molecule has 1 N–H and O–H groups in total. The van der Waals surface area contributed by atoms with Gasteiger partial charge in [0.15, 0.2) is 0 Å². The Morgan fingerprint density at radius 3 is 2.75 bits per heavy atom. The summed E-state index contributed by atoms with van der Waals surface area (Å²) >= 11 is 0. The molecule has 1 saturated heterocycles. The van der Waals surface area contributed by atoms with Gasteiger partial charge >= 0.3 is 0 Å². The lowest BCUT2D eigenvalue weighted by Crippen LogP contribution is -2.28. The van der Waals surface area contributed by atoms with Gasteiger partial charge in [-0.05, 0) is 31.9 Å². The van der Waals surface area contributed by atoms with Crippen molar-refractivity contribution in [3.63, 3.8) is 0 Å². The molecule has 0 amide bonds. The zero-order chi connectivity index (χ0) is 14.8. The maximum Gasteiger partial charge on any atom is 0.244 e. The standard InChI is InChI=1S/C14H25N3O2S/c1-4-6-16-11-14(8-13(16)9-15-3)20(18,19)17-7-5-12(2)10-17/h8,11-12,15H,4-7,9-10H2,1-3H3. The molecule has 1 unspecified atom stereocenters. The molecule has 5 nitrogen and oxygen atoms in total. The molecule has 114 valence electrons. The summed E-state index contributed by atoms with van der Waals surface area (Å²) < 4.78 is 29.0. The Kier molecular flexibility index (Phi) is 4.88. The molecule has 0 radical (unpaired) electrons. The zero-order valence-corrected chi connectivity index (χ0v) is 13.4. The quantitative estimate of drug-likeness (QED) is 0.869. The predicted molar refractivity (Wildman–Crippen MR) is 80.0 cm³/mol. The van der Waals surface area contributed by atoms with E-state index in [1.807, 2.05) is 17.7 Å². The molecular weight excluding hydrogens is 274 g/mol.